The lowest BCUT2D eigenvalue weighted by molar-refractivity contribution is -0.917. The number of hydrogen-bond acceptors (Lipinski definition) is 4. The summed E-state index contributed by atoms with van der Waals surface area (Å²) in [5, 5.41) is 0. The lowest BCUT2D eigenvalue weighted by Gasteiger charge is -2.31. The molecule has 2 heterocycles. The Morgan fingerprint density at radius 3 is 2.44 bits per heavy atom. The normalized spacial score (nSPS) is 18.0. The number of aryl methyl sites for hydroxylation is 2. The summed E-state index contributed by atoms with van der Waals surface area (Å²) < 4.78 is 38.3. The molecular formula is C20H25N2O4S+. The number of nitrogens with zero attached hydrogens (tertiary/aromatic N) is 1. The maximum atomic E-state index is 12.9. The molecule has 1 saturated heterocycles. The molecule has 2 aromatic carbocycles. The SMILES string of the molecule is Cc1ccc(S(=O)(=O)N2CC[NH+](Cc3ccc4c(c3)OCO4)CC2)cc1C. The van der Waals surface area contributed by atoms with E-state index >= 15 is 0 Å². The van der Waals surface area contributed by atoms with E-state index in [1.807, 2.05) is 32.0 Å². The molecule has 2 aliphatic rings. The Hall–Kier alpha value is -2.09. The van der Waals surface area contributed by atoms with Crippen LogP contribution in [0.25, 0.3) is 0 Å². The molecule has 0 aromatic heterocycles. The van der Waals surface area contributed by atoms with Gasteiger partial charge in [0.05, 0.1) is 31.1 Å². The van der Waals surface area contributed by atoms with Gasteiger partial charge in [0.15, 0.2) is 11.5 Å². The molecule has 27 heavy (non-hydrogen) atoms. The minimum absolute atomic E-state index is 0.278. The van der Waals surface area contributed by atoms with E-state index in [0.717, 1.165) is 42.3 Å². The van der Waals surface area contributed by atoms with Gasteiger partial charge in [-0.25, -0.2) is 8.42 Å². The highest BCUT2D eigenvalue weighted by atomic mass is 32.2. The quantitative estimate of drug-likeness (QED) is 0.852. The number of sulfonamides is 1. The van der Waals surface area contributed by atoms with Crippen LogP contribution in [0.1, 0.15) is 16.7 Å². The lowest BCUT2D eigenvalue weighted by Crippen LogP contribution is -3.13. The fraction of sp³-hybridized carbons (Fsp3) is 0.400. The molecule has 4 rings (SSSR count). The molecule has 7 heteroatoms. The summed E-state index contributed by atoms with van der Waals surface area (Å²) in [7, 11) is -3.42. The molecule has 1 fully saturated rings. The summed E-state index contributed by atoms with van der Waals surface area (Å²) in [6.45, 7) is 7.72. The molecule has 0 saturated carbocycles. The van der Waals surface area contributed by atoms with E-state index in [1.54, 1.807) is 16.4 Å². The molecule has 0 bridgehead atoms. The van der Waals surface area contributed by atoms with Gasteiger partial charge in [0, 0.05) is 5.56 Å². The number of rotatable bonds is 4. The van der Waals surface area contributed by atoms with Crippen LogP contribution in [0.15, 0.2) is 41.3 Å². The Morgan fingerprint density at radius 1 is 0.963 bits per heavy atom. The van der Waals surface area contributed by atoms with Crippen molar-refractivity contribution in [3.63, 3.8) is 0 Å². The van der Waals surface area contributed by atoms with Crippen LogP contribution in [-0.4, -0.2) is 45.7 Å². The molecular weight excluding hydrogens is 364 g/mol. The summed E-state index contributed by atoms with van der Waals surface area (Å²) in [6, 6.07) is 11.4. The van der Waals surface area contributed by atoms with Crippen LogP contribution in [0.4, 0.5) is 0 Å². The second kappa shape index (κ2) is 7.14. The molecule has 144 valence electrons. The number of nitrogens with one attached hydrogen (secondary N) is 1. The van der Waals surface area contributed by atoms with Crippen LogP contribution in [-0.2, 0) is 16.6 Å². The van der Waals surface area contributed by atoms with E-state index < -0.39 is 10.0 Å². The minimum atomic E-state index is -3.42. The van der Waals surface area contributed by atoms with E-state index in [0.29, 0.717) is 18.0 Å². The van der Waals surface area contributed by atoms with Crippen molar-refractivity contribution in [3.8, 4) is 11.5 Å². The highest BCUT2D eigenvalue weighted by Gasteiger charge is 2.30. The number of piperazine rings is 1. The van der Waals surface area contributed by atoms with Crippen molar-refractivity contribution >= 4 is 10.0 Å². The predicted molar refractivity (Wildman–Crippen MR) is 102 cm³/mol. The predicted octanol–water partition coefficient (Wildman–Crippen LogP) is 1.12. The van der Waals surface area contributed by atoms with Gasteiger partial charge in [0.25, 0.3) is 0 Å². The molecule has 0 spiro atoms. The second-order valence-corrected chi connectivity index (χ2v) is 9.20. The standard InChI is InChI=1S/C20H24N2O4S/c1-15-3-5-18(11-16(15)2)27(23,24)22-9-7-21(8-10-22)13-17-4-6-19-20(12-17)26-14-25-19/h3-6,11-12H,7-10,13-14H2,1-2H3/p+1. The highest BCUT2D eigenvalue weighted by Crippen LogP contribution is 2.32. The van der Waals surface area contributed by atoms with Crippen LogP contribution in [0, 0.1) is 13.8 Å². The zero-order chi connectivity index (χ0) is 19.0. The average molecular weight is 389 g/mol. The zero-order valence-electron chi connectivity index (χ0n) is 15.7. The molecule has 0 aliphatic carbocycles. The van der Waals surface area contributed by atoms with Gasteiger partial charge in [0.1, 0.15) is 6.54 Å². The van der Waals surface area contributed by atoms with Gasteiger partial charge in [-0.15, -0.1) is 0 Å². The number of hydrogen-bond donors (Lipinski definition) is 1. The smallest absolute Gasteiger partial charge is 0.243 e. The maximum absolute atomic E-state index is 12.9. The van der Waals surface area contributed by atoms with E-state index in [1.165, 1.54) is 10.5 Å². The second-order valence-electron chi connectivity index (χ2n) is 7.26. The third-order valence-electron chi connectivity index (χ3n) is 5.44. The molecule has 2 aliphatic heterocycles. The summed E-state index contributed by atoms with van der Waals surface area (Å²) >= 11 is 0. The first kappa shape index (κ1) is 18.3. The van der Waals surface area contributed by atoms with Crippen molar-refractivity contribution in [2.24, 2.45) is 0 Å². The van der Waals surface area contributed by atoms with Crippen molar-refractivity contribution in [2.75, 3.05) is 33.0 Å². The Balaban J connectivity index is 1.40. The zero-order valence-corrected chi connectivity index (χ0v) is 16.5. The van der Waals surface area contributed by atoms with Crippen molar-refractivity contribution in [1.29, 1.82) is 0 Å². The third-order valence-corrected chi connectivity index (χ3v) is 7.33. The lowest BCUT2D eigenvalue weighted by atomic mass is 10.1. The Kier molecular flexibility index (Phi) is 4.84. The highest BCUT2D eigenvalue weighted by molar-refractivity contribution is 7.89. The number of ether oxygens (including phenoxy) is 2. The molecule has 2 aromatic rings. The Labute approximate surface area is 160 Å². The number of benzene rings is 2. The van der Waals surface area contributed by atoms with E-state index in [2.05, 4.69) is 6.07 Å². The third kappa shape index (κ3) is 3.67. The van der Waals surface area contributed by atoms with Gasteiger partial charge >= 0.3 is 0 Å². The first-order chi connectivity index (χ1) is 12.9. The van der Waals surface area contributed by atoms with Crippen molar-refractivity contribution < 1.29 is 22.8 Å². The van der Waals surface area contributed by atoms with Crippen LogP contribution < -0.4 is 14.4 Å². The van der Waals surface area contributed by atoms with Gasteiger partial charge in [-0.05, 0) is 55.3 Å². The summed E-state index contributed by atoms with van der Waals surface area (Å²) in [5.74, 6) is 1.58. The topological polar surface area (TPSA) is 60.3 Å². The van der Waals surface area contributed by atoms with Crippen molar-refractivity contribution in [2.45, 2.75) is 25.3 Å². The first-order valence-electron chi connectivity index (χ1n) is 9.23. The molecule has 0 atom stereocenters. The fourth-order valence-electron chi connectivity index (χ4n) is 3.58. The van der Waals surface area contributed by atoms with Crippen LogP contribution in [0.2, 0.25) is 0 Å². The number of quaternary nitrogens is 1. The van der Waals surface area contributed by atoms with E-state index in [9.17, 15) is 8.42 Å². The minimum Gasteiger partial charge on any atom is -0.454 e. The van der Waals surface area contributed by atoms with Crippen LogP contribution in [0.3, 0.4) is 0 Å². The van der Waals surface area contributed by atoms with E-state index in [-0.39, 0.29) is 6.79 Å². The van der Waals surface area contributed by atoms with Gasteiger partial charge in [-0.3, -0.25) is 0 Å². The van der Waals surface area contributed by atoms with Crippen molar-refractivity contribution in [3.05, 3.63) is 53.1 Å². The molecule has 0 unspecified atom stereocenters. The van der Waals surface area contributed by atoms with Gasteiger partial charge in [-0.2, -0.15) is 4.31 Å². The largest absolute Gasteiger partial charge is 0.454 e. The summed E-state index contributed by atoms with van der Waals surface area (Å²) in [5.41, 5.74) is 3.29. The van der Waals surface area contributed by atoms with Crippen molar-refractivity contribution in [1.82, 2.24) is 4.31 Å². The van der Waals surface area contributed by atoms with Crippen LogP contribution >= 0.6 is 0 Å². The van der Waals surface area contributed by atoms with Gasteiger partial charge in [0.2, 0.25) is 16.8 Å². The summed E-state index contributed by atoms with van der Waals surface area (Å²) in [6.07, 6.45) is 0. The van der Waals surface area contributed by atoms with Crippen LogP contribution in [0.5, 0.6) is 11.5 Å². The number of fused-ring (bicyclic) bond motifs is 1. The first-order valence-corrected chi connectivity index (χ1v) is 10.7. The maximum Gasteiger partial charge on any atom is 0.243 e. The molecule has 1 N–H and O–H groups in total. The molecule has 6 nitrogen and oxygen atoms in total. The van der Waals surface area contributed by atoms with Gasteiger partial charge < -0.3 is 14.4 Å². The fourth-order valence-corrected chi connectivity index (χ4v) is 5.11. The Bertz CT molecular complexity index is 950. The van der Waals surface area contributed by atoms with Gasteiger partial charge in [-0.1, -0.05) is 6.07 Å². The average Bonchev–Trinajstić information content (AvgIpc) is 3.12. The van der Waals surface area contributed by atoms with E-state index in [4.69, 9.17) is 9.47 Å². The Morgan fingerprint density at radius 2 is 1.70 bits per heavy atom. The summed E-state index contributed by atoms with van der Waals surface area (Å²) in [4.78, 5) is 1.77. The molecule has 0 amide bonds. The molecule has 0 radical (unpaired) electrons. The monoisotopic (exact) mass is 389 g/mol.